The molecule has 0 radical (unpaired) electrons. The van der Waals surface area contributed by atoms with Crippen LogP contribution in [0, 0.1) is 6.92 Å². The number of urea groups is 1. The van der Waals surface area contributed by atoms with E-state index in [1.807, 2.05) is 63.2 Å². The molecule has 2 aromatic carbocycles. The van der Waals surface area contributed by atoms with Crippen molar-refractivity contribution in [3.63, 3.8) is 0 Å². The zero-order valence-electron chi connectivity index (χ0n) is 15.8. The van der Waals surface area contributed by atoms with E-state index >= 15 is 0 Å². The van der Waals surface area contributed by atoms with Crippen molar-refractivity contribution in [1.82, 2.24) is 10.6 Å². The molecule has 0 fully saturated rings. The Morgan fingerprint density at radius 2 is 1.69 bits per heavy atom. The Morgan fingerprint density at radius 1 is 0.962 bits per heavy atom. The molecule has 0 aliphatic heterocycles. The smallest absolute Gasteiger partial charge is 0.315 e. The average Bonchev–Trinajstić information content (AvgIpc) is 2.63. The monoisotopic (exact) mass is 356 g/mol. The fourth-order valence-corrected chi connectivity index (χ4v) is 2.62. The summed E-state index contributed by atoms with van der Waals surface area (Å²) in [5.74, 6) is 1.50. The molecule has 2 amide bonds. The molecule has 26 heavy (non-hydrogen) atoms. The van der Waals surface area contributed by atoms with Crippen LogP contribution < -0.4 is 20.1 Å². The van der Waals surface area contributed by atoms with Crippen molar-refractivity contribution >= 4 is 6.03 Å². The maximum absolute atomic E-state index is 12.0. The predicted octanol–water partition coefficient (Wildman–Crippen LogP) is 3.83. The van der Waals surface area contributed by atoms with Crippen LogP contribution >= 0.6 is 0 Å². The molecule has 2 aromatic rings. The van der Waals surface area contributed by atoms with E-state index in [2.05, 4.69) is 10.6 Å². The molecule has 0 saturated heterocycles. The molecule has 0 aromatic heterocycles. The van der Waals surface area contributed by atoms with Gasteiger partial charge in [0.25, 0.3) is 0 Å². The lowest BCUT2D eigenvalue weighted by atomic mass is 10.1. The quantitative estimate of drug-likeness (QED) is 0.718. The van der Waals surface area contributed by atoms with E-state index in [-0.39, 0.29) is 6.03 Å². The number of hydrogen-bond donors (Lipinski definition) is 2. The molecule has 0 aliphatic carbocycles. The molecule has 0 heterocycles. The summed E-state index contributed by atoms with van der Waals surface area (Å²) in [6, 6.07) is 13.8. The molecule has 0 atom stereocenters. The molecule has 2 rings (SSSR count). The fourth-order valence-electron chi connectivity index (χ4n) is 2.62. The minimum absolute atomic E-state index is 0.163. The van der Waals surface area contributed by atoms with Gasteiger partial charge in [0.05, 0.1) is 13.2 Å². The lowest BCUT2D eigenvalue weighted by Crippen LogP contribution is -2.36. The third kappa shape index (κ3) is 5.99. The molecule has 0 spiro atoms. The van der Waals surface area contributed by atoms with Crippen LogP contribution in [0.3, 0.4) is 0 Å². The van der Waals surface area contributed by atoms with Gasteiger partial charge in [-0.1, -0.05) is 30.3 Å². The number of aryl methyl sites for hydroxylation is 1. The summed E-state index contributed by atoms with van der Waals surface area (Å²) >= 11 is 0. The zero-order chi connectivity index (χ0) is 18.8. The second kappa shape index (κ2) is 10.3. The van der Waals surface area contributed by atoms with Crippen molar-refractivity contribution in [2.75, 3.05) is 19.8 Å². The van der Waals surface area contributed by atoms with Crippen LogP contribution in [0.4, 0.5) is 4.79 Å². The number of carbonyl (C=O) groups excluding carboxylic acids is 1. The standard InChI is InChI=1S/C21H28N2O3/c1-4-25-19-11-10-17(14-20(19)26-5-2)12-13-22-21(24)23-15-18-9-7-6-8-16(18)3/h6-11,14H,4-5,12-13,15H2,1-3H3,(H2,22,23,24). The minimum atomic E-state index is -0.163. The lowest BCUT2D eigenvalue weighted by molar-refractivity contribution is 0.240. The van der Waals surface area contributed by atoms with Gasteiger partial charge >= 0.3 is 6.03 Å². The summed E-state index contributed by atoms with van der Waals surface area (Å²) in [7, 11) is 0. The molecule has 0 aliphatic rings. The van der Waals surface area contributed by atoms with Crippen LogP contribution in [-0.2, 0) is 13.0 Å². The molecule has 5 heteroatoms. The van der Waals surface area contributed by atoms with Crippen LogP contribution in [0.15, 0.2) is 42.5 Å². The van der Waals surface area contributed by atoms with Gasteiger partial charge in [-0.2, -0.15) is 0 Å². The average molecular weight is 356 g/mol. The van der Waals surface area contributed by atoms with Crippen molar-refractivity contribution < 1.29 is 14.3 Å². The number of rotatable bonds is 9. The number of ether oxygens (including phenoxy) is 2. The molecule has 0 unspecified atom stereocenters. The van der Waals surface area contributed by atoms with Gasteiger partial charge in [-0.25, -0.2) is 4.79 Å². The SMILES string of the molecule is CCOc1ccc(CCNC(=O)NCc2ccccc2C)cc1OCC. The number of hydrogen-bond acceptors (Lipinski definition) is 3. The highest BCUT2D eigenvalue weighted by molar-refractivity contribution is 5.73. The normalized spacial score (nSPS) is 10.3. The molecule has 0 saturated carbocycles. The Balaban J connectivity index is 1.80. The van der Waals surface area contributed by atoms with E-state index < -0.39 is 0 Å². The highest BCUT2D eigenvalue weighted by Crippen LogP contribution is 2.28. The lowest BCUT2D eigenvalue weighted by Gasteiger charge is -2.13. The topological polar surface area (TPSA) is 59.6 Å². The Morgan fingerprint density at radius 3 is 2.42 bits per heavy atom. The second-order valence-electron chi connectivity index (χ2n) is 5.93. The van der Waals surface area contributed by atoms with E-state index in [9.17, 15) is 4.79 Å². The van der Waals surface area contributed by atoms with Gasteiger partial charge in [0.15, 0.2) is 11.5 Å². The van der Waals surface area contributed by atoms with Gasteiger partial charge in [0.2, 0.25) is 0 Å². The summed E-state index contributed by atoms with van der Waals surface area (Å²) in [6.45, 7) is 8.20. The van der Waals surface area contributed by atoms with Gasteiger partial charge in [-0.05, 0) is 56.0 Å². The first-order chi connectivity index (χ1) is 12.6. The zero-order valence-corrected chi connectivity index (χ0v) is 15.8. The van der Waals surface area contributed by atoms with Gasteiger partial charge in [0, 0.05) is 13.1 Å². The molecular weight excluding hydrogens is 328 g/mol. The van der Waals surface area contributed by atoms with E-state index in [1.54, 1.807) is 0 Å². The first-order valence-corrected chi connectivity index (χ1v) is 9.08. The Hall–Kier alpha value is -2.69. The van der Waals surface area contributed by atoms with Crippen molar-refractivity contribution in [2.45, 2.75) is 33.7 Å². The summed E-state index contributed by atoms with van der Waals surface area (Å²) < 4.78 is 11.2. The van der Waals surface area contributed by atoms with Crippen molar-refractivity contribution in [3.05, 3.63) is 59.2 Å². The summed E-state index contributed by atoms with van der Waals surface area (Å²) in [5.41, 5.74) is 3.39. The van der Waals surface area contributed by atoms with Gasteiger partial charge < -0.3 is 20.1 Å². The van der Waals surface area contributed by atoms with Crippen LogP contribution in [0.1, 0.15) is 30.5 Å². The van der Waals surface area contributed by atoms with E-state index in [0.29, 0.717) is 26.3 Å². The first kappa shape index (κ1) is 19.6. The largest absolute Gasteiger partial charge is 0.490 e. The number of nitrogens with one attached hydrogen (secondary N) is 2. The molecular formula is C21H28N2O3. The van der Waals surface area contributed by atoms with Crippen LogP contribution in [-0.4, -0.2) is 25.8 Å². The predicted molar refractivity (Wildman–Crippen MR) is 104 cm³/mol. The molecule has 5 nitrogen and oxygen atoms in total. The number of benzene rings is 2. The van der Waals surface area contributed by atoms with Crippen molar-refractivity contribution in [2.24, 2.45) is 0 Å². The highest BCUT2D eigenvalue weighted by atomic mass is 16.5. The fraction of sp³-hybridized carbons (Fsp3) is 0.381. The maximum atomic E-state index is 12.0. The van der Waals surface area contributed by atoms with E-state index in [0.717, 1.165) is 29.0 Å². The summed E-state index contributed by atoms with van der Waals surface area (Å²) in [5, 5.41) is 5.78. The maximum Gasteiger partial charge on any atom is 0.315 e. The number of carbonyl (C=O) groups is 1. The van der Waals surface area contributed by atoms with Crippen LogP contribution in [0.25, 0.3) is 0 Å². The Bertz CT molecular complexity index is 716. The van der Waals surface area contributed by atoms with Gasteiger partial charge in [-0.3, -0.25) is 0 Å². The number of amides is 2. The molecule has 0 bridgehead atoms. The Labute approximate surface area is 155 Å². The highest BCUT2D eigenvalue weighted by Gasteiger charge is 2.07. The van der Waals surface area contributed by atoms with Gasteiger partial charge in [0.1, 0.15) is 0 Å². The molecule has 2 N–H and O–H groups in total. The molecule has 140 valence electrons. The van der Waals surface area contributed by atoms with Crippen LogP contribution in [0.5, 0.6) is 11.5 Å². The first-order valence-electron chi connectivity index (χ1n) is 9.08. The summed E-state index contributed by atoms with van der Waals surface area (Å²) in [4.78, 5) is 12.0. The van der Waals surface area contributed by atoms with Crippen molar-refractivity contribution in [3.8, 4) is 11.5 Å². The summed E-state index contributed by atoms with van der Waals surface area (Å²) in [6.07, 6.45) is 0.726. The minimum Gasteiger partial charge on any atom is -0.490 e. The van der Waals surface area contributed by atoms with Crippen molar-refractivity contribution in [1.29, 1.82) is 0 Å². The third-order valence-corrected chi connectivity index (χ3v) is 4.01. The second-order valence-corrected chi connectivity index (χ2v) is 5.93. The third-order valence-electron chi connectivity index (χ3n) is 4.01. The van der Waals surface area contributed by atoms with E-state index in [4.69, 9.17) is 9.47 Å². The van der Waals surface area contributed by atoms with Crippen LogP contribution in [0.2, 0.25) is 0 Å². The van der Waals surface area contributed by atoms with Gasteiger partial charge in [-0.15, -0.1) is 0 Å². The van der Waals surface area contributed by atoms with E-state index in [1.165, 1.54) is 5.56 Å². The Kier molecular flexibility index (Phi) is 7.80.